The molecule has 3 heterocycles. The highest BCUT2D eigenvalue weighted by Gasteiger charge is 2.42. The highest BCUT2D eigenvalue weighted by atomic mass is 19.1. The van der Waals surface area contributed by atoms with Crippen molar-refractivity contribution in [2.45, 2.75) is 56.6 Å². The first-order chi connectivity index (χ1) is 15.1. The van der Waals surface area contributed by atoms with Crippen molar-refractivity contribution in [3.05, 3.63) is 71.0 Å². The van der Waals surface area contributed by atoms with Crippen molar-refractivity contribution in [2.24, 2.45) is 0 Å². The second kappa shape index (κ2) is 8.69. The number of hydrogen-bond donors (Lipinski definition) is 1. The van der Waals surface area contributed by atoms with E-state index in [4.69, 9.17) is 9.47 Å². The van der Waals surface area contributed by atoms with E-state index in [1.807, 2.05) is 24.0 Å². The maximum absolute atomic E-state index is 13.6. The van der Waals surface area contributed by atoms with Crippen LogP contribution in [0.4, 0.5) is 4.39 Å². The van der Waals surface area contributed by atoms with E-state index in [9.17, 15) is 9.18 Å². The summed E-state index contributed by atoms with van der Waals surface area (Å²) in [5, 5.41) is 3.52. The summed E-state index contributed by atoms with van der Waals surface area (Å²) >= 11 is 0. The third-order valence-electron chi connectivity index (χ3n) is 6.77. The molecular weight excluding hydrogens is 395 g/mol. The first-order valence-corrected chi connectivity index (χ1v) is 11.2. The summed E-state index contributed by atoms with van der Waals surface area (Å²) in [6, 6.07) is 15.0. The van der Waals surface area contributed by atoms with E-state index < -0.39 is 6.10 Å². The number of rotatable bonds is 3. The molecule has 0 radical (unpaired) electrons. The lowest BCUT2D eigenvalue weighted by Crippen LogP contribution is -2.60. The average molecular weight is 425 g/mol. The molecule has 5 atom stereocenters. The Bertz CT molecular complexity index is 935. The van der Waals surface area contributed by atoms with Crippen molar-refractivity contribution in [1.29, 1.82) is 0 Å². The molecule has 2 aromatic rings. The Balaban J connectivity index is 1.37. The highest BCUT2D eigenvalue weighted by Crippen LogP contribution is 2.34. The lowest BCUT2D eigenvalue weighted by molar-refractivity contribution is -0.169. The van der Waals surface area contributed by atoms with Crippen LogP contribution in [0.5, 0.6) is 0 Å². The fourth-order valence-electron chi connectivity index (χ4n) is 5.13. The summed E-state index contributed by atoms with van der Waals surface area (Å²) in [5.74, 6) is -0.206. The van der Waals surface area contributed by atoms with Crippen LogP contribution in [0, 0.1) is 5.82 Å². The SMILES string of the molecule is C[C@H]1CN[C@H]2C[C@H](C(=O)N3CCc4ccccc4[C@@H]3Cc3ccc(F)cc3)OC[C@@H]2O1. The van der Waals surface area contributed by atoms with Crippen LogP contribution >= 0.6 is 0 Å². The van der Waals surface area contributed by atoms with Gasteiger partial charge in [-0.2, -0.15) is 0 Å². The topological polar surface area (TPSA) is 50.8 Å². The molecule has 1 N–H and O–H groups in total. The van der Waals surface area contributed by atoms with Crippen LogP contribution in [0.1, 0.15) is 36.1 Å². The summed E-state index contributed by atoms with van der Waals surface area (Å²) in [6.07, 6.45) is 1.81. The Morgan fingerprint density at radius 2 is 2.00 bits per heavy atom. The molecule has 0 bridgehead atoms. The zero-order chi connectivity index (χ0) is 21.4. The van der Waals surface area contributed by atoms with Crippen molar-refractivity contribution in [2.75, 3.05) is 19.7 Å². The Hall–Kier alpha value is -2.28. The van der Waals surface area contributed by atoms with Crippen LogP contribution < -0.4 is 5.32 Å². The summed E-state index contributed by atoms with van der Waals surface area (Å²) in [5.41, 5.74) is 3.47. The molecule has 164 valence electrons. The predicted octanol–water partition coefficient (Wildman–Crippen LogP) is 3.03. The number of fused-ring (bicyclic) bond motifs is 2. The molecule has 0 spiro atoms. The van der Waals surface area contributed by atoms with Gasteiger partial charge in [-0.25, -0.2) is 4.39 Å². The molecule has 6 heteroatoms. The zero-order valence-electron chi connectivity index (χ0n) is 17.8. The Kier molecular flexibility index (Phi) is 5.78. The third-order valence-corrected chi connectivity index (χ3v) is 6.77. The van der Waals surface area contributed by atoms with Gasteiger partial charge in [0.25, 0.3) is 5.91 Å². The van der Waals surface area contributed by atoms with Crippen LogP contribution in [0.2, 0.25) is 0 Å². The quantitative estimate of drug-likeness (QED) is 0.823. The van der Waals surface area contributed by atoms with Crippen molar-refractivity contribution in [3.63, 3.8) is 0 Å². The van der Waals surface area contributed by atoms with Crippen molar-refractivity contribution in [1.82, 2.24) is 10.2 Å². The van der Waals surface area contributed by atoms with Gasteiger partial charge in [-0.05, 0) is 48.6 Å². The van der Waals surface area contributed by atoms with Gasteiger partial charge in [-0.15, -0.1) is 0 Å². The van der Waals surface area contributed by atoms with E-state index in [-0.39, 0.29) is 36.0 Å². The van der Waals surface area contributed by atoms with Gasteiger partial charge in [0.2, 0.25) is 0 Å². The van der Waals surface area contributed by atoms with E-state index in [0.717, 1.165) is 18.5 Å². The standard InChI is InChI=1S/C25H29FN2O3/c1-16-14-27-21-13-23(30-15-24(21)31-16)25(29)28-11-10-18-4-2-3-5-20(18)22(28)12-17-6-8-19(26)9-7-17/h2-9,16,21-24,27H,10-15H2,1H3/t16-,21-,22-,23+,24-/m0/s1. The zero-order valence-corrected chi connectivity index (χ0v) is 17.8. The maximum Gasteiger partial charge on any atom is 0.252 e. The maximum atomic E-state index is 13.6. The minimum absolute atomic E-state index is 0.00453. The average Bonchev–Trinajstić information content (AvgIpc) is 2.80. The second-order valence-electron chi connectivity index (χ2n) is 8.88. The number of morpholine rings is 1. The first-order valence-electron chi connectivity index (χ1n) is 11.2. The first kappa shape index (κ1) is 20.6. The number of ether oxygens (including phenoxy) is 2. The molecule has 5 nitrogen and oxygen atoms in total. The molecule has 0 aromatic heterocycles. The predicted molar refractivity (Wildman–Crippen MR) is 115 cm³/mol. The van der Waals surface area contributed by atoms with E-state index in [1.165, 1.54) is 23.3 Å². The monoisotopic (exact) mass is 424 g/mol. The van der Waals surface area contributed by atoms with Gasteiger partial charge < -0.3 is 19.7 Å². The van der Waals surface area contributed by atoms with Gasteiger partial charge in [-0.3, -0.25) is 4.79 Å². The lowest BCUT2D eigenvalue weighted by Gasteiger charge is -2.44. The molecule has 0 saturated carbocycles. The van der Waals surface area contributed by atoms with Crippen molar-refractivity contribution in [3.8, 4) is 0 Å². The Labute approximate surface area is 182 Å². The number of carbonyl (C=O) groups is 1. The Morgan fingerprint density at radius 3 is 2.84 bits per heavy atom. The minimum atomic E-state index is -0.466. The summed E-state index contributed by atoms with van der Waals surface area (Å²) in [4.78, 5) is 15.6. The van der Waals surface area contributed by atoms with Crippen LogP contribution in [0.25, 0.3) is 0 Å². The lowest BCUT2D eigenvalue weighted by atomic mass is 9.87. The van der Waals surface area contributed by atoms with Crippen molar-refractivity contribution >= 4 is 5.91 Å². The molecule has 2 aromatic carbocycles. The molecule has 0 unspecified atom stereocenters. The molecule has 3 aliphatic heterocycles. The van der Waals surface area contributed by atoms with E-state index >= 15 is 0 Å². The molecule has 2 fully saturated rings. The number of benzene rings is 2. The van der Waals surface area contributed by atoms with Gasteiger partial charge in [0, 0.05) is 25.6 Å². The molecule has 3 aliphatic rings. The molecule has 5 rings (SSSR count). The summed E-state index contributed by atoms with van der Waals surface area (Å²) in [6.45, 7) is 3.94. The van der Waals surface area contributed by atoms with Crippen LogP contribution in [0.15, 0.2) is 48.5 Å². The van der Waals surface area contributed by atoms with Gasteiger partial charge in [0.05, 0.1) is 24.9 Å². The minimum Gasteiger partial charge on any atom is -0.370 e. The number of nitrogens with one attached hydrogen (secondary N) is 1. The number of carbonyl (C=O) groups excluding carboxylic acids is 1. The second-order valence-corrected chi connectivity index (χ2v) is 8.88. The fourth-order valence-corrected chi connectivity index (χ4v) is 5.13. The van der Waals surface area contributed by atoms with Crippen LogP contribution in [-0.2, 0) is 27.1 Å². The van der Waals surface area contributed by atoms with Gasteiger partial charge in [-0.1, -0.05) is 36.4 Å². The number of nitrogens with zero attached hydrogens (tertiary/aromatic N) is 1. The smallest absolute Gasteiger partial charge is 0.252 e. The van der Waals surface area contributed by atoms with Gasteiger partial charge in [0.1, 0.15) is 11.9 Å². The molecular formula is C25H29FN2O3. The largest absolute Gasteiger partial charge is 0.370 e. The number of halogens is 1. The van der Waals surface area contributed by atoms with Crippen LogP contribution in [-0.4, -0.2) is 54.9 Å². The van der Waals surface area contributed by atoms with Crippen molar-refractivity contribution < 1.29 is 18.7 Å². The van der Waals surface area contributed by atoms with Crippen LogP contribution in [0.3, 0.4) is 0 Å². The van der Waals surface area contributed by atoms with E-state index in [0.29, 0.717) is 26.0 Å². The third kappa shape index (κ3) is 4.25. The fraction of sp³-hybridized carbons (Fsp3) is 0.480. The molecule has 0 aliphatic carbocycles. The van der Waals surface area contributed by atoms with E-state index in [1.54, 1.807) is 12.1 Å². The highest BCUT2D eigenvalue weighted by molar-refractivity contribution is 5.82. The van der Waals surface area contributed by atoms with Gasteiger partial charge in [0.15, 0.2) is 0 Å². The molecule has 31 heavy (non-hydrogen) atoms. The number of amides is 1. The normalized spacial score (nSPS) is 30.4. The van der Waals surface area contributed by atoms with E-state index in [2.05, 4.69) is 17.4 Å². The number of hydrogen-bond acceptors (Lipinski definition) is 4. The molecule has 1 amide bonds. The summed E-state index contributed by atoms with van der Waals surface area (Å²) < 4.78 is 25.4. The Morgan fingerprint density at radius 1 is 1.19 bits per heavy atom. The van der Waals surface area contributed by atoms with Gasteiger partial charge >= 0.3 is 0 Å². The molecule has 2 saturated heterocycles. The summed E-state index contributed by atoms with van der Waals surface area (Å²) in [7, 11) is 0.